The monoisotopic (exact) mass is 656 g/mol. The zero-order valence-electron chi connectivity index (χ0n) is 27.2. The van der Waals surface area contributed by atoms with E-state index in [9.17, 15) is 29.1 Å². The number of aliphatic hydroxyl groups excluding tert-OH is 1. The molecule has 0 saturated heterocycles. The van der Waals surface area contributed by atoms with Gasteiger partial charge in [0.2, 0.25) is 17.7 Å². The Morgan fingerprint density at radius 1 is 0.870 bits per heavy atom. The maximum Gasteiger partial charge on any atom is 0.244 e. The Balaban J connectivity index is 0.00000173. The number of carbonyl (C=O) groups excluding carboxylic acids is 5. The molecule has 0 bridgehead atoms. The van der Waals surface area contributed by atoms with E-state index in [2.05, 4.69) is 10.8 Å². The normalized spacial score (nSPS) is 12.0. The van der Waals surface area contributed by atoms with Crippen molar-refractivity contribution in [1.82, 2.24) is 10.8 Å². The van der Waals surface area contributed by atoms with E-state index in [1.807, 2.05) is 13.8 Å². The van der Waals surface area contributed by atoms with Gasteiger partial charge < -0.3 is 46.0 Å². The predicted molar refractivity (Wildman–Crippen MR) is 168 cm³/mol. The Labute approximate surface area is 270 Å². The molecule has 0 unspecified atom stereocenters. The molecular formula is C31H52N4O11. The number of phenols is 1. The van der Waals surface area contributed by atoms with Crippen molar-refractivity contribution in [2.24, 2.45) is 23.3 Å². The van der Waals surface area contributed by atoms with Crippen LogP contribution >= 0.6 is 0 Å². The van der Waals surface area contributed by atoms with Gasteiger partial charge in [-0.2, -0.15) is 0 Å². The van der Waals surface area contributed by atoms with Crippen molar-refractivity contribution in [2.75, 3.05) is 59.4 Å². The van der Waals surface area contributed by atoms with Crippen LogP contribution < -0.4 is 22.3 Å². The SMILES string of the molecule is CC(=O)C[C@@H](CO)C(N)=O.CC(C)NC(=O)[C@@H](CC(=O)NOCCOCCCC(=O)COCCOCCN)Cc1ccc(O)cc1. The summed E-state index contributed by atoms with van der Waals surface area (Å²) in [6.07, 6.45) is 1.24. The van der Waals surface area contributed by atoms with Gasteiger partial charge in [0, 0.05) is 38.5 Å². The van der Waals surface area contributed by atoms with Gasteiger partial charge in [0.05, 0.1) is 51.5 Å². The molecule has 2 atom stereocenters. The predicted octanol–water partition coefficient (Wildman–Crippen LogP) is -0.0695. The van der Waals surface area contributed by atoms with Crippen LogP contribution in [0.5, 0.6) is 5.75 Å². The summed E-state index contributed by atoms with van der Waals surface area (Å²) in [6, 6.07) is 6.47. The van der Waals surface area contributed by atoms with Crippen LogP contribution in [0.15, 0.2) is 24.3 Å². The lowest BCUT2D eigenvalue weighted by molar-refractivity contribution is -0.139. The van der Waals surface area contributed by atoms with Crippen LogP contribution in [-0.4, -0.2) is 105 Å². The van der Waals surface area contributed by atoms with Gasteiger partial charge in [-0.05, 0) is 51.3 Å². The van der Waals surface area contributed by atoms with Crippen molar-refractivity contribution in [3.8, 4) is 5.75 Å². The molecule has 1 aromatic carbocycles. The summed E-state index contributed by atoms with van der Waals surface area (Å²) in [5.41, 5.74) is 13.3. The summed E-state index contributed by atoms with van der Waals surface area (Å²) >= 11 is 0. The standard InChI is InChI=1S/C25H41N3O8.C6H11NO3/c1-19(2)27-25(32)21(16-20-5-7-22(29)8-6-20)17-24(31)28-36-15-14-33-10-3-4-23(30)18-35-13-12-34-11-9-26;1-4(9)2-5(3-8)6(7)10/h5-8,19,21,29H,3-4,9-18,26H2,1-2H3,(H,27,32)(H,28,31);5,8H,2-3H2,1H3,(H2,7,10)/t21-;5-/m10/s1. The van der Waals surface area contributed by atoms with Crippen LogP contribution in [0.25, 0.3) is 0 Å². The number of primary amides is 1. The quantitative estimate of drug-likeness (QED) is 0.0599. The van der Waals surface area contributed by atoms with Crippen LogP contribution in [0, 0.1) is 11.8 Å². The third kappa shape index (κ3) is 23.9. The zero-order valence-corrected chi connectivity index (χ0v) is 27.2. The van der Waals surface area contributed by atoms with Gasteiger partial charge in [-0.3, -0.25) is 24.0 Å². The largest absolute Gasteiger partial charge is 0.508 e. The minimum absolute atomic E-state index is 0.00991. The fourth-order valence-corrected chi connectivity index (χ4v) is 3.71. The Hall–Kier alpha value is -3.47. The Kier molecular flexibility index (Phi) is 24.7. The first-order chi connectivity index (χ1) is 21.9. The van der Waals surface area contributed by atoms with Crippen molar-refractivity contribution in [2.45, 2.75) is 58.9 Å². The van der Waals surface area contributed by atoms with Crippen molar-refractivity contribution < 1.29 is 53.2 Å². The first-order valence-corrected chi connectivity index (χ1v) is 15.2. The Bertz CT molecular complexity index is 1020. The molecule has 0 saturated carbocycles. The van der Waals surface area contributed by atoms with Gasteiger partial charge in [-0.15, -0.1) is 0 Å². The highest BCUT2D eigenvalue weighted by Crippen LogP contribution is 2.16. The third-order valence-corrected chi connectivity index (χ3v) is 5.97. The molecule has 1 rings (SSSR count). The number of hydrogen-bond donors (Lipinski definition) is 6. The molecule has 1 aromatic rings. The molecule has 0 aromatic heterocycles. The number of ether oxygens (including phenoxy) is 3. The molecule has 15 nitrogen and oxygen atoms in total. The van der Waals surface area contributed by atoms with Gasteiger partial charge >= 0.3 is 0 Å². The van der Waals surface area contributed by atoms with E-state index in [-0.39, 0.29) is 68.5 Å². The highest BCUT2D eigenvalue weighted by Gasteiger charge is 2.23. The van der Waals surface area contributed by atoms with Crippen molar-refractivity contribution in [3.05, 3.63) is 29.8 Å². The van der Waals surface area contributed by atoms with Crippen LogP contribution in [0.1, 0.15) is 52.0 Å². The minimum Gasteiger partial charge on any atom is -0.508 e. The van der Waals surface area contributed by atoms with E-state index in [1.165, 1.54) is 6.92 Å². The molecule has 0 aliphatic rings. The van der Waals surface area contributed by atoms with Gasteiger partial charge in [-0.1, -0.05) is 12.1 Å². The first kappa shape index (κ1) is 42.5. The van der Waals surface area contributed by atoms with E-state index >= 15 is 0 Å². The average molecular weight is 657 g/mol. The van der Waals surface area contributed by atoms with Crippen LogP contribution in [0.3, 0.4) is 0 Å². The molecule has 15 heteroatoms. The molecule has 3 amide bonds. The second kappa shape index (κ2) is 26.7. The summed E-state index contributed by atoms with van der Waals surface area (Å²) in [5, 5.41) is 20.8. The number of aliphatic hydroxyl groups is 1. The van der Waals surface area contributed by atoms with E-state index in [1.54, 1.807) is 24.3 Å². The number of carbonyl (C=O) groups is 5. The number of aromatic hydroxyl groups is 1. The summed E-state index contributed by atoms with van der Waals surface area (Å²) in [5.74, 6) is -2.58. The summed E-state index contributed by atoms with van der Waals surface area (Å²) in [4.78, 5) is 62.5. The number of phenolic OH excluding ortho intramolecular Hbond substituents is 1. The lowest BCUT2D eigenvalue weighted by Crippen LogP contribution is -2.39. The van der Waals surface area contributed by atoms with E-state index in [0.717, 1.165) is 5.56 Å². The fourth-order valence-electron chi connectivity index (χ4n) is 3.71. The molecular weight excluding hydrogens is 604 g/mol. The number of Topliss-reactive ketones (excluding diaryl/α,β-unsaturated/α-hetero) is 2. The maximum absolute atomic E-state index is 12.6. The molecule has 46 heavy (non-hydrogen) atoms. The average Bonchev–Trinajstić information content (AvgIpc) is 2.99. The summed E-state index contributed by atoms with van der Waals surface area (Å²) in [6.45, 7) is 7.19. The molecule has 0 heterocycles. The Morgan fingerprint density at radius 3 is 2.07 bits per heavy atom. The molecule has 262 valence electrons. The van der Waals surface area contributed by atoms with Crippen LogP contribution in [0.4, 0.5) is 0 Å². The van der Waals surface area contributed by atoms with Crippen molar-refractivity contribution in [1.29, 1.82) is 0 Å². The number of hydrogen-bond acceptors (Lipinski definition) is 12. The molecule has 0 fully saturated rings. The molecule has 0 radical (unpaired) electrons. The zero-order chi connectivity index (χ0) is 34.7. The molecule has 0 spiro atoms. The van der Waals surface area contributed by atoms with Crippen LogP contribution in [-0.2, 0) is 49.4 Å². The lowest BCUT2D eigenvalue weighted by atomic mass is 9.94. The number of benzene rings is 1. The van der Waals surface area contributed by atoms with Gasteiger partial charge in [0.1, 0.15) is 18.1 Å². The first-order valence-electron chi connectivity index (χ1n) is 15.2. The van der Waals surface area contributed by atoms with Crippen molar-refractivity contribution >= 4 is 29.3 Å². The number of hydroxylamine groups is 1. The van der Waals surface area contributed by atoms with E-state index < -0.39 is 23.7 Å². The van der Waals surface area contributed by atoms with Gasteiger partial charge in [-0.25, -0.2) is 5.48 Å². The molecule has 8 N–H and O–H groups in total. The number of rotatable bonds is 25. The third-order valence-electron chi connectivity index (χ3n) is 5.97. The topological polar surface area (TPSA) is 239 Å². The number of nitrogens with two attached hydrogens (primary N) is 2. The number of amides is 3. The number of ketones is 2. The molecule has 0 aliphatic carbocycles. The van der Waals surface area contributed by atoms with E-state index in [0.29, 0.717) is 52.2 Å². The van der Waals surface area contributed by atoms with Gasteiger partial charge in [0.15, 0.2) is 5.78 Å². The highest BCUT2D eigenvalue weighted by molar-refractivity contribution is 5.86. The van der Waals surface area contributed by atoms with E-state index in [4.69, 9.17) is 35.6 Å². The fraction of sp³-hybridized carbons (Fsp3) is 0.645. The Morgan fingerprint density at radius 2 is 1.50 bits per heavy atom. The summed E-state index contributed by atoms with van der Waals surface area (Å²) in [7, 11) is 0. The minimum atomic E-state index is -0.711. The maximum atomic E-state index is 12.6. The molecule has 0 aliphatic heterocycles. The van der Waals surface area contributed by atoms with Crippen molar-refractivity contribution in [3.63, 3.8) is 0 Å². The summed E-state index contributed by atoms with van der Waals surface area (Å²) < 4.78 is 15.8. The van der Waals surface area contributed by atoms with Gasteiger partial charge in [0.25, 0.3) is 0 Å². The highest BCUT2D eigenvalue weighted by atomic mass is 16.7. The second-order valence-electron chi connectivity index (χ2n) is 10.7. The van der Waals surface area contributed by atoms with Crippen LogP contribution in [0.2, 0.25) is 0 Å². The lowest BCUT2D eigenvalue weighted by Gasteiger charge is -2.18. The number of nitrogens with one attached hydrogen (secondary N) is 2. The second-order valence-corrected chi connectivity index (χ2v) is 10.7. The smallest absolute Gasteiger partial charge is 0.244 e.